The summed E-state index contributed by atoms with van der Waals surface area (Å²) in [7, 11) is 1.54. The molecule has 0 aliphatic rings. The van der Waals surface area contributed by atoms with Crippen molar-refractivity contribution in [3.8, 4) is 11.9 Å². The normalized spacial score (nSPS) is 11.2. The zero-order valence-corrected chi connectivity index (χ0v) is 19.2. The van der Waals surface area contributed by atoms with E-state index in [-0.39, 0.29) is 5.69 Å². The lowest BCUT2D eigenvalue weighted by Crippen LogP contribution is -2.09. The third kappa shape index (κ3) is 4.94. The monoisotopic (exact) mass is 478 g/mol. The van der Waals surface area contributed by atoms with Gasteiger partial charge in [-0.3, -0.25) is 0 Å². The summed E-state index contributed by atoms with van der Waals surface area (Å²) >= 11 is 0. The molecule has 0 aliphatic carbocycles. The van der Waals surface area contributed by atoms with Gasteiger partial charge >= 0.3 is 6.18 Å². The van der Waals surface area contributed by atoms with Crippen LogP contribution in [-0.4, -0.2) is 22.1 Å². The molecule has 0 saturated carbocycles. The van der Waals surface area contributed by atoms with E-state index in [2.05, 4.69) is 25.6 Å². The molecule has 0 spiro atoms. The number of aromatic nitrogens is 3. The fourth-order valence-corrected chi connectivity index (χ4v) is 3.58. The Labute approximate surface area is 199 Å². The molecule has 0 aliphatic heterocycles. The number of anilines is 4. The minimum Gasteiger partial charge on any atom is -0.480 e. The van der Waals surface area contributed by atoms with Gasteiger partial charge in [-0.2, -0.15) is 23.4 Å². The first-order valence-corrected chi connectivity index (χ1v) is 10.7. The Morgan fingerprint density at radius 2 is 1.77 bits per heavy atom. The number of pyridine rings is 1. The number of nitriles is 1. The van der Waals surface area contributed by atoms with Crippen molar-refractivity contribution in [1.29, 1.82) is 5.26 Å². The SMILES string of the molecule is CCc1nc(OC)c2cc(Nc3c(C)ccnc3Nc3ccc(C#N)c(C(F)(F)F)c3)ccc2n1. The van der Waals surface area contributed by atoms with Gasteiger partial charge in [-0.15, -0.1) is 0 Å². The largest absolute Gasteiger partial charge is 0.480 e. The van der Waals surface area contributed by atoms with Gasteiger partial charge in [0, 0.05) is 24.0 Å². The number of aryl methyl sites for hydroxylation is 2. The van der Waals surface area contributed by atoms with E-state index in [1.807, 2.05) is 32.0 Å². The zero-order chi connectivity index (χ0) is 25.2. The molecule has 0 bridgehead atoms. The van der Waals surface area contributed by atoms with Crippen LogP contribution >= 0.6 is 0 Å². The van der Waals surface area contributed by atoms with Crippen LogP contribution in [0.5, 0.6) is 5.88 Å². The minimum atomic E-state index is -4.66. The summed E-state index contributed by atoms with van der Waals surface area (Å²) in [6.07, 6.45) is -2.43. The molecule has 4 aromatic rings. The summed E-state index contributed by atoms with van der Waals surface area (Å²) in [5.74, 6) is 1.45. The Kier molecular flexibility index (Phi) is 6.42. The van der Waals surface area contributed by atoms with E-state index in [4.69, 9.17) is 10.00 Å². The number of ether oxygens (including phenoxy) is 1. The topological polar surface area (TPSA) is 95.8 Å². The van der Waals surface area contributed by atoms with Crippen molar-refractivity contribution in [3.05, 3.63) is 71.2 Å². The van der Waals surface area contributed by atoms with Gasteiger partial charge in [-0.05, 0) is 55.0 Å². The van der Waals surface area contributed by atoms with Crippen LogP contribution in [0.2, 0.25) is 0 Å². The fraction of sp³-hybridized carbons (Fsp3) is 0.200. The summed E-state index contributed by atoms with van der Waals surface area (Å²) in [4.78, 5) is 13.3. The molecule has 0 unspecified atom stereocenters. The minimum absolute atomic E-state index is 0.151. The average molecular weight is 478 g/mol. The molecule has 4 rings (SSSR count). The molecule has 0 fully saturated rings. The lowest BCUT2D eigenvalue weighted by Gasteiger charge is -2.17. The van der Waals surface area contributed by atoms with Crippen molar-refractivity contribution in [1.82, 2.24) is 15.0 Å². The molecule has 2 N–H and O–H groups in total. The smallest absolute Gasteiger partial charge is 0.417 e. The lowest BCUT2D eigenvalue weighted by atomic mass is 10.1. The van der Waals surface area contributed by atoms with E-state index in [0.717, 1.165) is 23.2 Å². The summed E-state index contributed by atoms with van der Waals surface area (Å²) in [6.45, 7) is 3.81. The van der Waals surface area contributed by atoms with E-state index in [1.165, 1.54) is 6.07 Å². The number of benzene rings is 2. The van der Waals surface area contributed by atoms with Gasteiger partial charge in [-0.25, -0.2) is 9.97 Å². The number of methoxy groups -OCH3 is 1. The molecule has 2 aromatic carbocycles. The van der Waals surface area contributed by atoms with Crippen LogP contribution in [0.4, 0.5) is 36.1 Å². The van der Waals surface area contributed by atoms with Crippen LogP contribution < -0.4 is 15.4 Å². The maximum Gasteiger partial charge on any atom is 0.417 e. The maximum atomic E-state index is 13.4. The molecule has 2 heterocycles. The van der Waals surface area contributed by atoms with Gasteiger partial charge in [0.1, 0.15) is 5.82 Å². The van der Waals surface area contributed by atoms with E-state index in [9.17, 15) is 13.2 Å². The van der Waals surface area contributed by atoms with Gasteiger partial charge in [0.05, 0.1) is 40.9 Å². The molecule has 7 nitrogen and oxygen atoms in total. The molecule has 0 radical (unpaired) electrons. The number of nitrogens with one attached hydrogen (secondary N) is 2. The molecular weight excluding hydrogens is 457 g/mol. The lowest BCUT2D eigenvalue weighted by molar-refractivity contribution is -0.137. The van der Waals surface area contributed by atoms with Gasteiger partial charge in [-0.1, -0.05) is 6.92 Å². The van der Waals surface area contributed by atoms with Gasteiger partial charge < -0.3 is 15.4 Å². The highest BCUT2D eigenvalue weighted by Gasteiger charge is 2.34. The van der Waals surface area contributed by atoms with Crippen molar-refractivity contribution in [2.75, 3.05) is 17.7 Å². The zero-order valence-electron chi connectivity index (χ0n) is 19.2. The van der Waals surface area contributed by atoms with Crippen LogP contribution in [0.25, 0.3) is 10.9 Å². The maximum absolute atomic E-state index is 13.4. The molecule has 178 valence electrons. The molecule has 35 heavy (non-hydrogen) atoms. The number of fused-ring (bicyclic) bond motifs is 1. The van der Waals surface area contributed by atoms with Crippen molar-refractivity contribution in [3.63, 3.8) is 0 Å². The van der Waals surface area contributed by atoms with Crippen LogP contribution in [-0.2, 0) is 12.6 Å². The molecule has 0 atom stereocenters. The van der Waals surface area contributed by atoms with E-state index in [1.54, 1.807) is 25.4 Å². The number of rotatable bonds is 6. The number of halogens is 3. The molecule has 2 aromatic heterocycles. The Hall–Kier alpha value is -4.39. The summed E-state index contributed by atoms with van der Waals surface area (Å²) in [5, 5.41) is 16.0. The number of nitrogens with zero attached hydrogens (tertiary/aromatic N) is 4. The highest BCUT2D eigenvalue weighted by molar-refractivity contribution is 5.89. The Balaban J connectivity index is 1.71. The fourth-order valence-electron chi connectivity index (χ4n) is 3.58. The third-order valence-electron chi connectivity index (χ3n) is 5.35. The van der Waals surface area contributed by atoms with E-state index < -0.39 is 17.3 Å². The average Bonchev–Trinajstić information content (AvgIpc) is 2.84. The Morgan fingerprint density at radius 1 is 1.03 bits per heavy atom. The van der Waals surface area contributed by atoms with Crippen molar-refractivity contribution in [2.45, 2.75) is 26.4 Å². The van der Waals surface area contributed by atoms with Crippen LogP contribution in [0.3, 0.4) is 0 Å². The van der Waals surface area contributed by atoms with E-state index >= 15 is 0 Å². The second kappa shape index (κ2) is 9.46. The Morgan fingerprint density at radius 3 is 2.46 bits per heavy atom. The standard InChI is InChI=1S/C25H21F3N6O/c1-4-21-33-20-8-7-16(11-18(20)24(34-21)35-3)31-22-14(2)9-10-30-23(22)32-17-6-5-15(13-29)19(12-17)25(26,27)28/h5-12,31H,4H2,1-3H3,(H,30,32). The van der Waals surface area contributed by atoms with Gasteiger partial charge in [0.25, 0.3) is 0 Å². The van der Waals surface area contributed by atoms with E-state index in [0.29, 0.717) is 40.7 Å². The van der Waals surface area contributed by atoms with Crippen LogP contribution in [0.15, 0.2) is 48.7 Å². The molecule has 0 amide bonds. The van der Waals surface area contributed by atoms with Gasteiger partial charge in [0.2, 0.25) is 5.88 Å². The predicted molar refractivity (Wildman–Crippen MR) is 127 cm³/mol. The second-order valence-electron chi connectivity index (χ2n) is 7.71. The van der Waals surface area contributed by atoms with Crippen molar-refractivity contribution in [2.24, 2.45) is 0 Å². The third-order valence-corrected chi connectivity index (χ3v) is 5.35. The molecule has 0 saturated heterocycles. The first-order chi connectivity index (χ1) is 16.7. The first-order valence-electron chi connectivity index (χ1n) is 10.7. The van der Waals surface area contributed by atoms with Crippen LogP contribution in [0, 0.1) is 18.3 Å². The second-order valence-corrected chi connectivity index (χ2v) is 7.71. The highest BCUT2D eigenvalue weighted by Crippen LogP contribution is 2.36. The highest BCUT2D eigenvalue weighted by atomic mass is 19.4. The van der Waals surface area contributed by atoms with Crippen molar-refractivity contribution < 1.29 is 17.9 Å². The van der Waals surface area contributed by atoms with Crippen molar-refractivity contribution >= 4 is 33.8 Å². The summed E-state index contributed by atoms with van der Waals surface area (Å²) in [6, 6.07) is 12.3. The molecule has 10 heteroatoms. The molecular formula is C25H21F3N6O. The van der Waals surface area contributed by atoms with Crippen LogP contribution in [0.1, 0.15) is 29.4 Å². The Bertz CT molecular complexity index is 1450. The number of hydrogen-bond acceptors (Lipinski definition) is 7. The summed E-state index contributed by atoms with van der Waals surface area (Å²) < 4.78 is 45.6. The number of alkyl halides is 3. The first kappa shape index (κ1) is 23.8. The van der Waals surface area contributed by atoms with Gasteiger partial charge in [0.15, 0.2) is 5.82 Å². The predicted octanol–water partition coefficient (Wildman–Crippen LogP) is 6.28. The quantitative estimate of drug-likeness (QED) is 0.337. The summed E-state index contributed by atoms with van der Waals surface area (Å²) in [5.41, 5.74) is 1.51. The number of hydrogen-bond donors (Lipinski definition) is 2.